The largest absolute Gasteiger partial charge is 0.340 e. The van der Waals surface area contributed by atoms with Crippen LogP contribution < -0.4 is 5.32 Å². The van der Waals surface area contributed by atoms with E-state index in [9.17, 15) is 18.4 Å². The van der Waals surface area contributed by atoms with E-state index in [1.807, 2.05) is 30.3 Å². The van der Waals surface area contributed by atoms with E-state index in [0.29, 0.717) is 18.5 Å². The summed E-state index contributed by atoms with van der Waals surface area (Å²) in [6.07, 6.45) is 1.78. The molecule has 4 rings (SSSR count). The molecular weight excluding hydrogens is 476 g/mol. The smallest absolute Gasteiger partial charge is 0.276 e. The van der Waals surface area contributed by atoms with E-state index in [1.54, 1.807) is 0 Å². The minimum Gasteiger partial charge on any atom is -0.340 e. The Morgan fingerprint density at radius 2 is 1.94 bits per heavy atom. The number of hydrogen-bond donors (Lipinski definition) is 1. The van der Waals surface area contributed by atoms with Crippen molar-refractivity contribution in [3.8, 4) is 11.8 Å². The average molecular weight is 498 g/mol. The molecule has 1 aromatic carbocycles. The van der Waals surface area contributed by atoms with E-state index in [-0.39, 0.29) is 35.5 Å². The van der Waals surface area contributed by atoms with E-state index < -0.39 is 23.8 Å². The van der Waals surface area contributed by atoms with E-state index in [2.05, 4.69) is 27.2 Å². The number of nitrogens with zero attached hydrogens (tertiary/aromatic N) is 4. The Bertz CT molecular complexity index is 1300. The fourth-order valence-corrected chi connectivity index (χ4v) is 4.05. The van der Waals surface area contributed by atoms with Gasteiger partial charge in [-0.1, -0.05) is 41.6 Å². The molecule has 1 fully saturated rings. The van der Waals surface area contributed by atoms with Gasteiger partial charge in [-0.15, -0.1) is 0 Å². The maximum absolute atomic E-state index is 14.7. The lowest BCUT2D eigenvalue weighted by Gasteiger charge is -2.34. The normalized spacial score (nSPS) is 17.4. The van der Waals surface area contributed by atoms with Gasteiger partial charge in [0.05, 0.1) is 17.8 Å². The Labute approximate surface area is 206 Å². The number of amides is 2. The van der Waals surface area contributed by atoms with Gasteiger partial charge in [0.1, 0.15) is 11.9 Å². The Morgan fingerprint density at radius 1 is 1.20 bits per heavy atom. The number of halogens is 3. The molecule has 0 radical (unpaired) electrons. The standard InChI is InChI=1S/C25H22ClF2N5O2/c1-16(34)32-10-9-19(22(28)15-32)14-33-23(20(26)13-30-33)25(35)31-24-21(27)11-18(12-29-24)8-7-17-5-3-2-4-6-17/h2-6,11-13,19,22H,9-10,14-15H2,1H3,(H,29,31,35)/t19-,22-/m1/s1. The lowest BCUT2D eigenvalue weighted by molar-refractivity contribution is -0.131. The van der Waals surface area contributed by atoms with Gasteiger partial charge in [0.25, 0.3) is 5.91 Å². The second-order valence-corrected chi connectivity index (χ2v) is 8.58. The van der Waals surface area contributed by atoms with Crippen LogP contribution in [0.1, 0.15) is 35.0 Å². The minimum absolute atomic E-state index is 0.00875. The third kappa shape index (κ3) is 5.84. The molecular formula is C25H22ClF2N5O2. The average Bonchev–Trinajstić information content (AvgIpc) is 3.21. The first-order chi connectivity index (χ1) is 16.8. The van der Waals surface area contributed by atoms with Gasteiger partial charge in [-0.3, -0.25) is 14.3 Å². The lowest BCUT2D eigenvalue weighted by Crippen LogP contribution is -2.45. The van der Waals surface area contributed by atoms with Crippen molar-refractivity contribution in [2.75, 3.05) is 18.4 Å². The number of alkyl halides is 1. The van der Waals surface area contributed by atoms with Gasteiger partial charge in [0, 0.05) is 43.3 Å². The summed E-state index contributed by atoms with van der Waals surface area (Å²) in [5.74, 6) is 3.33. The third-order valence-electron chi connectivity index (χ3n) is 5.74. The fourth-order valence-electron chi connectivity index (χ4n) is 3.82. The summed E-state index contributed by atoms with van der Waals surface area (Å²) >= 11 is 6.17. The number of nitrogens with one attached hydrogen (secondary N) is 1. The van der Waals surface area contributed by atoms with Gasteiger partial charge in [-0.25, -0.2) is 13.8 Å². The maximum Gasteiger partial charge on any atom is 0.276 e. The van der Waals surface area contributed by atoms with Gasteiger partial charge in [-0.2, -0.15) is 5.10 Å². The van der Waals surface area contributed by atoms with Gasteiger partial charge < -0.3 is 10.2 Å². The zero-order valence-electron chi connectivity index (χ0n) is 18.8. The molecule has 7 nitrogen and oxygen atoms in total. The van der Waals surface area contributed by atoms with E-state index in [1.165, 1.54) is 35.0 Å². The maximum atomic E-state index is 14.7. The molecule has 0 saturated carbocycles. The zero-order chi connectivity index (χ0) is 24.9. The van der Waals surface area contributed by atoms with Crippen molar-refractivity contribution in [1.29, 1.82) is 0 Å². The van der Waals surface area contributed by atoms with Crippen molar-refractivity contribution in [2.24, 2.45) is 5.92 Å². The number of carbonyl (C=O) groups is 2. The minimum atomic E-state index is -1.27. The quantitative estimate of drug-likeness (QED) is 0.554. The number of aromatic nitrogens is 3. The number of likely N-dealkylation sites (tertiary alicyclic amines) is 1. The van der Waals surface area contributed by atoms with Crippen molar-refractivity contribution in [3.05, 3.63) is 76.5 Å². The molecule has 1 N–H and O–H groups in total. The van der Waals surface area contributed by atoms with Crippen molar-refractivity contribution < 1.29 is 18.4 Å². The Hall–Kier alpha value is -3.77. The first-order valence-electron chi connectivity index (χ1n) is 11.0. The molecule has 0 unspecified atom stereocenters. The predicted octanol–water partition coefficient (Wildman–Crippen LogP) is 3.93. The summed E-state index contributed by atoms with van der Waals surface area (Å²) in [5.41, 5.74) is 1.09. The van der Waals surface area contributed by atoms with Crippen molar-refractivity contribution in [1.82, 2.24) is 19.7 Å². The van der Waals surface area contributed by atoms with Gasteiger partial charge >= 0.3 is 0 Å². The molecule has 180 valence electrons. The van der Waals surface area contributed by atoms with Crippen LogP contribution in [0.4, 0.5) is 14.6 Å². The second kappa shape index (κ2) is 10.7. The summed E-state index contributed by atoms with van der Waals surface area (Å²) in [6.45, 7) is 1.90. The van der Waals surface area contributed by atoms with Crippen LogP contribution in [0.5, 0.6) is 0 Å². The van der Waals surface area contributed by atoms with Crippen LogP contribution in [0, 0.1) is 23.6 Å². The summed E-state index contributed by atoms with van der Waals surface area (Å²) in [6, 6.07) is 10.4. The number of pyridine rings is 1. The van der Waals surface area contributed by atoms with E-state index in [0.717, 1.165) is 5.56 Å². The summed E-state index contributed by atoms with van der Waals surface area (Å²) in [7, 11) is 0. The van der Waals surface area contributed by atoms with E-state index in [4.69, 9.17) is 11.6 Å². The van der Waals surface area contributed by atoms with Crippen molar-refractivity contribution >= 4 is 29.2 Å². The Balaban J connectivity index is 1.46. The first kappa shape index (κ1) is 24.4. The number of benzene rings is 1. The lowest BCUT2D eigenvalue weighted by atomic mass is 9.95. The molecule has 2 amide bonds. The molecule has 1 aliphatic rings. The predicted molar refractivity (Wildman–Crippen MR) is 127 cm³/mol. The zero-order valence-corrected chi connectivity index (χ0v) is 19.6. The molecule has 3 aromatic rings. The van der Waals surface area contributed by atoms with Gasteiger partial charge in [0.2, 0.25) is 5.91 Å². The van der Waals surface area contributed by atoms with Crippen molar-refractivity contribution in [2.45, 2.75) is 26.1 Å². The molecule has 2 atom stereocenters. The molecule has 3 heterocycles. The van der Waals surface area contributed by atoms with Crippen LogP contribution in [0.2, 0.25) is 5.02 Å². The van der Waals surface area contributed by atoms with Crippen LogP contribution in [0.15, 0.2) is 48.8 Å². The number of anilines is 1. The second-order valence-electron chi connectivity index (χ2n) is 8.18. The summed E-state index contributed by atoms with van der Waals surface area (Å²) in [5, 5.41) is 6.54. The van der Waals surface area contributed by atoms with Gasteiger partial charge in [-0.05, 0) is 24.6 Å². The summed E-state index contributed by atoms with van der Waals surface area (Å²) < 4.78 is 30.6. The van der Waals surface area contributed by atoms with Crippen LogP contribution >= 0.6 is 11.6 Å². The molecule has 2 aromatic heterocycles. The molecule has 0 aliphatic carbocycles. The first-order valence-corrected chi connectivity index (χ1v) is 11.3. The highest BCUT2D eigenvalue weighted by atomic mass is 35.5. The molecule has 35 heavy (non-hydrogen) atoms. The molecule has 0 bridgehead atoms. The van der Waals surface area contributed by atoms with E-state index >= 15 is 0 Å². The van der Waals surface area contributed by atoms with Crippen molar-refractivity contribution in [3.63, 3.8) is 0 Å². The number of hydrogen-bond acceptors (Lipinski definition) is 4. The highest BCUT2D eigenvalue weighted by Crippen LogP contribution is 2.25. The topological polar surface area (TPSA) is 80.1 Å². The van der Waals surface area contributed by atoms with Crippen LogP contribution in [-0.4, -0.2) is 50.7 Å². The Morgan fingerprint density at radius 3 is 2.63 bits per heavy atom. The monoisotopic (exact) mass is 497 g/mol. The number of rotatable bonds is 4. The molecule has 1 saturated heterocycles. The van der Waals surface area contributed by atoms with Gasteiger partial charge in [0.15, 0.2) is 11.6 Å². The highest BCUT2D eigenvalue weighted by Gasteiger charge is 2.32. The SMILES string of the molecule is CC(=O)N1CC[C@H](Cn2ncc(Cl)c2C(=O)Nc2ncc(C#Cc3ccccc3)cc2F)[C@H](F)C1. The van der Waals surface area contributed by atoms with Crippen LogP contribution in [0.3, 0.4) is 0 Å². The van der Waals surface area contributed by atoms with Crippen LogP contribution in [-0.2, 0) is 11.3 Å². The molecule has 0 spiro atoms. The summed E-state index contributed by atoms with van der Waals surface area (Å²) in [4.78, 5) is 29.8. The number of piperidine rings is 1. The molecule has 10 heteroatoms. The third-order valence-corrected chi connectivity index (χ3v) is 6.01. The number of carbonyl (C=O) groups excluding carboxylic acids is 2. The fraction of sp³-hybridized carbons (Fsp3) is 0.280. The highest BCUT2D eigenvalue weighted by molar-refractivity contribution is 6.34. The molecule has 1 aliphatic heterocycles. The Kier molecular flexibility index (Phi) is 7.42. The van der Waals surface area contributed by atoms with Crippen LogP contribution in [0.25, 0.3) is 0 Å².